The third kappa shape index (κ3) is 9.72. The zero-order valence-electron chi connectivity index (χ0n) is 22.1. The van der Waals surface area contributed by atoms with Gasteiger partial charge in [-0.05, 0) is 66.3 Å². The van der Waals surface area contributed by atoms with Crippen molar-refractivity contribution in [1.29, 1.82) is 0 Å². The number of halogens is 2. The lowest BCUT2D eigenvalue weighted by molar-refractivity contribution is 0.0830. The standard InChI is InChI=1S/C29H35F2N3O4S/c1-3-11-39(37,38)34-26-10-6-9-23(16-26)29(36)33-27(15-22-13-24(30)17-25(31)14-22)28(35)19-32-18-21-8-5-7-20(4-2)12-21/h5-10,12-14,16-17,27-28,32,34-35H,3-4,11,15,18-19H2,1-2H3,(H,33,36). The molecule has 10 heteroatoms. The number of rotatable bonds is 14. The first kappa shape index (κ1) is 30.2. The number of carbonyl (C=O) groups is 1. The lowest BCUT2D eigenvalue weighted by Gasteiger charge is -2.25. The highest BCUT2D eigenvalue weighted by molar-refractivity contribution is 7.92. The average Bonchev–Trinajstić information content (AvgIpc) is 2.87. The molecule has 0 aliphatic carbocycles. The molecule has 0 bridgehead atoms. The second-order valence-electron chi connectivity index (χ2n) is 9.44. The number of aliphatic hydroxyl groups excluding tert-OH is 1. The Labute approximate surface area is 228 Å². The number of amides is 1. The smallest absolute Gasteiger partial charge is 0.251 e. The number of aryl methyl sites for hydroxylation is 1. The number of sulfonamides is 1. The number of aliphatic hydroxyl groups is 1. The predicted molar refractivity (Wildman–Crippen MR) is 149 cm³/mol. The van der Waals surface area contributed by atoms with Gasteiger partial charge in [0.1, 0.15) is 11.6 Å². The van der Waals surface area contributed by atoms with Crippen LogP contribution in [-0.4, -0.2) is 43.9 Å². The maximum Gasteiger partial charge on any atom is 0.251 e. The van der Waals surface area contributed by atoms with Crippen molar-refractivity contribution in [3.63, 3.8) is 0 Å². The van der Waals surface area contributed by atoms with Gasteiger partial charge in [0.2, 0.25) is 10.0 Å². The molecule has 0 saturated heterocycles. The van der Waals surface area contributed by atoms with Crippen LogP contribution in [0.2, 0.25) is 0 Å². The summed E-state index contributed by atoms with van der Waals surface area (Å²) in [5.41, 5.74) is 2.90. The molecule has 2 atom stereocenters. The Morgan fingerprint density at radius 1 is 0.923 bits per heavy atom. The van der Waals surface area contributed by atoms with Gasteiger partial charge in [-0.1, -0.05) is 44.2 Å². The van der Waals surface area contributed by atoms with Gasteiger partial charge < -0.3 is 15.7 Å². The molecule has 0 radical (unpaired) electrons. The fourth-order valence-electron chi connectivity index (χ4n) is 4.21. The Balaban J connectivity index is 1.74. The molecule has 0 heterocycles. The number of anilines is 1. The SMILES string of the molecule is CCCS(=O)(=O)Nc1cccc(C(=O)NC(Cc2cc(F)cc(F)c2)C(O)CNCc2cccc(CC)c2)c1. The molecule has 3 rings (SSSR count). The molecule has 0 aromatic heterocycles. The van der Waals surface area contributed by atoms with Crippen molar-refractivity contribution >= 4 is 21.6 Å². The Hall–Kier alpha value is -3.34. The van der Waals surface area contributed by atoms with Gasteiger partial charge in [0.05, 0.1) is 17.9 Å². The van der Waals surface area contributed by atoms with Crippen LogP contribution >= 0.6 is 0 Å². The average molecular weight is 560 g/mol. The summed E-state index contributed by atoms with van der Waals surface area (Å²) in [6, 6.07) is 16.2. The van der Waals surface area contributed by atoms with Gasteiger partial charge in [0, 0.05) is 30.4 Å². The van der Waals surface area contributed by atoms with E-state index in [1.165, 1.54) is 29.8 Å². The molecular formula is C29H35F2N3O4S. The van der Waals surface area contributed by atoms with Gasteiger partial charge in [0.15, 0.2) is 0 Å². The van der Waals surface area contributed by atoms with E-state index >= 15 is 0 Å². The summed E-state index contributed by atoms with van der Waals surface area (Å²) in [7, 11) is -3.55. The third-order valence-electron chi connectivity index (χ3n) is 6.11. The van der Waals surface area contributed by atoms with Crippen molar-refractivity contribution in [2.75, 3.05) is 17.0 Å². The minimum absolute atomic E-state index is 0.0304. The summed E-state index contributed by atoms with van der Waals surface area (Å²) in [5.74, 6) is -2.14. The quantitative estimate of drug-likeness (QED) is 0.237. The molecule has 1 amide bonds. The first-order valence-corrected chi connectivity index (χ1v) is 14.6. The highest BCUT2D eigenvalue weighted by Gasteiger charge is 2.23. The van der Waals surface area contributed by atoms with Crippen LogP contribution in [0.4, 0.5) is 14.5 Å². The van der Waals surface area contributed by atoms with E-state index in [0.717, 1.165) is 30.2 Å². The van der Waals surface area contributed by atoms with Crippen LogP contribution in [0.5, 0.6) is 0 Å². The largest absolute Gasteiger partial charge is 0.390 e. The zero-order valence-corrected chi connectivity index (χ0v) is 22.9. The van der Waals surface area contributed by atoms with Gasteiger partial charge in [-0.2, -0.15) is 0 Å². The van der Waals surface area contributed by atoms with Gasteiger partial charge in [0.25, 0.3) is 5.91 Å². The minimum atomic E-state index is -3.55. The first-order chi connectivity index (χ1) is 18.6. The topological polar surface area (TPSA) is 108 Å². The number of carbonyl (C=O) groups excluding carboxylic acids is 1. The summed E-state index contributed by atoms with van der Waals surface area (Å²) in [6.07, 6.45) is 0.210. The van der Waals surface area contributed by atoms with Crippen LogP contribution in [-0.2, 0) is 29.4 Å². The van der Waals surface area contributed by atoms with E-state index in [4.69, 9.17) is 0 Å². The van der Waals surface area contributed by atoms with Crippen LogP contribution in [0.25, 0.3) is 0 Å². The Morgan fingerprint density at radius 3 is 2.31 bits per heavy atom. The number of benzene rings is 3. The first-order valence-electron chi connectivity index (χ1n) is 12.9. The van der Waals surface area contributed by atoms with Crippen molar-refractivity contribution in [2.24, 2.45) is 0 Å². The lowest BCUT2D eigenvalue weighted by Crippen LogP contribution is -2.48. The molecule has 4 N–H and O–H groups in total. The summed E-state index contributed by atoms with van der Waals surface area (Å²) in [4.78, 5) is 13.1. The van der Waals surface area contributed by atoms with Gasteiger partial charge >= 0.3 is 0 Å². The summed E-state index contributed by atoms with van der Waals surface area (Å²) >= 11 is 0. The molecule has 39 heavy (non-hydrogen) atoms. The maximum absolute atomic E-state index is 13.8. The molecule has 0 aliphatic heterocycles. The zero-order chi connectivity index (χ0) is 28.4. The monoisotopic (exact) mass is 559 g/mol. The van der Waals surface area contributed by atoms with E-state index in [0.29, 0.717) is 13.0 Å². The van der Waals surface area contributed by atoms with Gasteiger partial charge in [-0.25, -0.2) is 17.2 Å². The van der Waals surface area contributed by atoms with Crippen molar-refractivity contribution in [2.45, 2.75) is 51.8 Å². The molecule has 2 unspecified atom stereocenters. The summed E-state index contributed by atoms with van der Waals surface area (Å²) in [5, 5.41) is 16.9. The second kappa shape index (κ2) is 14.2. The highest BCUT2D eigenvalue weighted by atomic mass is 32.2. The van der Waals surface area contributed by atoms with E-state index in [-0.39, 0.29) is 35.5 Å². The fraction of sp³-hybridized carbons (Fsp3) is 0.345. The third-order valence-corrected chi connectivity index (χ3v) is 7.60. The summed E-state index contributed by atoms with van der Waals surface area (Å²) in [6.45, 7) is 4.40. The number of hydrogen-bond acceptors (Lipinski definition) is 5. The Kier molecular flexibility index (Phi) is 11.0. The molecule has 0 fully saturated rings. The van der Waals surface area contributed by atoms with Gasteiger partial charge in [-0.15, -0.1) is 0 Å². The molecular weight excluding hydrogens is 524 g/mol. The van der Waals surface area contributed by atoms with E-state index < -0.39 is 39.7 Å². The second-order valence-corrected chi connectivity index (χ2v) is 11.3. The van der Waals surface area contributed by atoms with Crippen molar-refractivity contribution in [1.82, 2.24) is 10.6 Å². The number of hydrogen-bond donors (Lipinski definition) is 4. The fourth-order valence-corrected chi connectivity index (χ4v) is 5.33. The van der Waals surface area contributed by atoms with Crippen molar-refractivity contribution in [3.05, 3.63) is 101 Å². The predicted octanol–water partition coefficient (Wildman–Crippen LogP) is 4.17. The van der Waals surface area contributed by atoms with Crippen molar-refractivity contribution in [3.8, 4) is 0 Å². The van der Waals surface area contributed by atoms with Gasteiger partial charge in [-0.3, -0.25) is 9.52 Å². The normalized spacial score (nSPS) is 13.1. The van der Waals surface area contributed by atoms with Crippen LogP contribution < -0.4 is 15.4 Å². The van der Waals surface area contributed by atoms with E-state index in [2.05, 4.69) is 28.3 Å². The lowest BCUT2D eigenvalue weighted by atomic mass is 10.00. The summed E-state index contributed by atoms with van der Waals surface area (Å²) < 4.78 is 54.4. The van der Waals surface area contributed by atoms with Crippen LogP contribution in [0.3, 0.4) is 0 Å². The highest BCUT2D eigenvalue weighted by Crippen LogP contribution is 2.16. The van der Waals surface area contributed by atoms with E-state index in [9.17, 15) is 27.1 Å². The molecule has 0 saturated carbocycles. The Bertz CT molecular complexity index is 1350. The molecule has 3 aromatic carbocycles. The van der Waals surface area contributed by atoms with E-state index in [1.807, 2.05) is 18.2 Å². The molecule has 0 aliphatic rings. The molecule has 7 nitrogen and oxygen atoms in total. The van der Waals surface area contributed by atoms with Crippen molar-refractivity contribution < 1.29 is 27.1 Å². The minimum Gasteiger partial charge on any atom is -0.390 e. The molecule has 210 valence electrons. The molecule has 3 aromatic rings. The van der Waals surface area contributed by atoms with Crippen LogP contribution in [0.1, 0.15) is 47.3 Å². The van der Waals surface area contributed by atoms with Crippen LogP contribution in [0, 0.1) is 11.6 Å². The maximum atomic E-state index is 13.8. The number of nitrogens with one attached hydrogen (secondary N) is 3. The van der Waals surface area contributed by atoms with E-state index in [1.54, 1.807) is 6.92 Å². The Morgan fingerprint density at radius 2 is 1.62 bits per heavy atom. The van der Waals surface area contributed by atoms with Crippen LogP contribution in [0.15, 0.2) is 66.7 Å². The molecule has 0 spiro atoms.